The van der Waals surface area contributed by atoms with E-state index in [0.717, 1.165) is 24.2 Å². The van der Waals surface area contributed by atoms with Crippen molar-refractivity contribution in [3.8, 4) is 0 Å². The number of hydrogen-bond donors (Lipinski definition) is 2. The van der Waals surface area contributed by atoms with Crippen molar-refractivity contribution >= 4 is 23.2 Å². The SMILES string of the molecule is CCCn1nccc1C(NN)c1cccc(Cl)c1Cl. The predicted molar refractivity (Wildman–Crippen MR) is 78.1 cm³/mol. The second kappa shape index (κ2) is 6.39. The predicted octanol–water partition coefficient (Wildman–Crippen LogP) is 3.15. The van der Waals surface area contributed by atoms with Crippen LogP contribution >= 0.6 is 23.2 Å². The summed E-state index contributed by atoms with van der Waals surface area (Å²) in [5.74, 6) is 5.69. The first-order valence-corrected chi connectivity index (χ1v) is 6.86. The van der Waals surface area contributed by atoms with E-state index in [1.54, 1.807) is 12.3 Å². The van der Waals surface area contributed by atoms with E-state index >= 15 is 0 Å². The van der Waals surface area contributed by atoms with Crippen molar-refractivity contribution in [2.24, 2.45) is 5.84 Å². The van der Waals surface area contributed by atoms with Crippen LogP contribution in [0, 0.1) is 0 Å². The van der Waals surface area contributed by atoms with E-state index in [9.17, 15) is 0 Å². The quantitative estimate of drug-likeness (QED) is 0.658. The Morgan fingerprint density at radius 3 is 2.84 bits per heavy atom. The summed E-state index contributed by atoms with van der Waals surface area (Å²) < 4.78 is 1.92. The van der Waals surface area contributed by atoms with Crippen LogP contribution in [0.1, 0.15) is 30.6 Å². The topological polar surface area (TPSA) is 55.9 Å². The van der Waals surface area contributed by atoms with Gasteiger partial charge >= 0.3 is 0 Å². The van der Waals surface area contributed by atoms with Gasteiger partial charge in [0.2, 0.25) is 0 Å². The number of nitrogens with one attached hydrogen (secondary N) is 1. The van der Waals surface area contributed by atoms with Gasteiger partial charge in [0, 0.05) is 12.7 Å². The van der Waals surface area contributed by atoms with Crippen molar-refractivity contribution in [3.63, 3.8) is 0 Å². The molecule has 1 unspecified atom stereocenters. The fourth-order valence-electron chi connectivity index (χ4n) is 2.06. The molecule has 1 aromatic heterocycles. The Labute approximate surface area is 122 Å². The maximum atomic E-state index is 6.26. The third-order valence-corrected chi connectivity index (χ3v) is 3.77. The van der Waals surface area contributed by atoms with Crippen molar-refractivity contribution in [2.45, 2.75) is 25.9 Å². The third kappa shape index (κ3) is 2.92. The number of nitrogens with two attached hydrogens (primary N) is 1. The molecule has 0 aliphatic carbocycles. The fourth-order valence-corrected chi connectivity index (χ4v) is 2.48. The first kappa shape index (κ1) is 14.3. The van der Waals surface area contributed by atoms with Crippen LogP contribution in [0.15, 0.2) is 30.5 Å². The number of benzene rings is 1. The van der Waals surface area contributed by atoms with Crippen molar-refractivity contribution in [1.29, 1.82) is 0 Å². The molecule has 0 radical (unpaired) electrons. The molecule has 1 atom stereocenters. The van der Waals surface area contributed by atoms with E-state index < -0.39 is 0 Å². The largest absolute Gasteiger partial charge is 0.271 e. The first-order chi connectivity index (χ1) is 9.19. The molecule has 0 aliphatic heterocycles. The fraction of sp³-hybridized carbons (Fsp3) is 0.308. The summed E-state index contributed by atoms with van der Waals surface area (Å²) in [5.41, 5.74) is 4.59. The number of nitrogens with zero attached hydrogens (tertiary/aromatic N) is 2. The summed E-state index contributed by atoms with van der Waals surface area (Å²) in [7, 11) is 0. The Bertz CT molecular complexity index is 553. The summed E-state index contributed by atoms with van der Waals surface area (Å²) in [6.45, 7) is 2.93. The van der Waals surface area contributed by atoms with E-state index in [2.05, 4.69) is 17.4 Å². The lowest BCUT2D eigenvalue weighted by Gasteiger charge is -2.19. The Morgan fingerprint density at radius 1 is 1.37 bits per heavy atom. The van der Waals surface area contributed by atoms with Crippen molar-refractivity contribution in [1.82, 2.24) is 15.2 Å². The van der Waals surface area contributed by atoms with E-state index in [1.165, 1.54) is 0 Å². The molecule has 2 aromatic rings. The summed E-state index contributed by atoms with van der Waals surface area (Å²) in [6.07, 6.45) is 2.75. The van der Waals surface area contributed by atoms with Gasteiger partial charge in [-0.2, -0.15) is 5.10 Å². The third-order valence-electron chi connectivity index (χ3n) is 2.94. The normalized spacial score (nSPS) is 12.6. The first-order valence-electron chi connectivity index (χ1n) is 6.10. The monoisotopic (exact) mass is 298 g/mol. The summed E-state index contributed by atoms with van der Waals surface area (Å²) in [6, 6.07) is 7.21. The molecule has 0 bridgehead atoms. The number of aromatic nitrogens is 2. The van der Waals surface area contributed by atoms with Crippen molar-refractivity contribution < 1.29 is 0 Å². The molecule has 2 rings (SSSR count). The molecule has 19 heavy (non-hydrogen) atoms. The molecule has 0 spiro atoms. The number of aryl methyl sites for hydroxylation is 1. The van der Waals surface area contributed by atoms with Gasteiger partial charge in [0.1, 0.15) is 0 Å². The van der Waals surface area contributed by atoms with Crippen LogP contribution in [0.3, 0.4) is 0 Å². The molecule has 1 heterocycles. The number of rotatable bonds is 5. The van der Waals surface area contributed by atoms with E-state index in [0.29, 0.717) is 10.0 Å². The van der Waals surface area contributed by atoms with Gasteiger partial charge in [-0.1, -0.05) is 42.3 Å². The minimum Gasteiger partial charge on any atom is -0.271 e. The highest BCUT2D eigenvalue weighted by Gasteiger charge is 2.20. The lowest BCUT2D eigenvalue weighted by Crippen LogP contribution is -2.31. The zero-order valence-electron chi connectivity index (χ0n) is 10.6. The van der Waals surface area contributed by atoms with Crippen LogP contribution in [0.25, 0.3) is 0 Å². The molecule has 102 valence electrons. The average molecular weight is 299 g/mol. The maximum Gasteiger partial charge on any atom is 0.0893 e. The van der Waals surface area contributed by atoms with Crippen LogP contribution in [0.4, 0.5) is 0 Å². The zero-order chi connectivity index (χ0) is 13.8. The Kier molecular flexibility index (Phi) is 4.82. The van der Waals surface area contributed by atoms with Gasteiger partial charge in [0.25, 0.3) is 0 Å². The smallest absolute Gasteiger partial charge is 0.0893 e. The van der Waals surface area contributed by atoms with Crippen LogP contribution < -0.4 is 11.3 Å². The van der Waals surface area contributed by atoms with Gasteiger partial charge in [-0.15, -0.1) is 0 Å². The van der Waals surface area contributed by atoms with E-state index in [-0.39, 0.29) is 6.04 Å². The second-order valence-electron chi connectivity index (χ2n) is 4.22. The van der Waals surface area contributed by atoms with Gasteiger partial charge < -0.3 is 0 Å². The molecular weight excluding hydrogens is 283 g/mol. The molecular formula is C13H16Cl2N4. The van der Waals surface area contributed by atoms with Crippen LogP contribution in [-0.2, 0) is 6.54 Å². The highest BCUT2D eigenvalue weighted by molar-refractivity contribution is 6.42. The minimum atomic E-state index is -0.236. The van der Waals surface area contributed by atoms with Gasteiger partial charge in [-0.3, -0.25) is 10.5 Å². The number of halogens is 2. The molecule has 0 amide bonds. The Hall–Kier alpha value is -1.07. The molecule has 0 saturated heterocycles. The van der Waals surface area contributed by atoms with E-state index in [1.807, 2.05) is 22.9 Å². The maximum absolute atomic E-state index is 6.26. The van der Waals surface area contributed by atoms with Crippen LogP contribution in [-0.4, -0.2) is 9.78 Å². The van der Waals surface area contributed by atoms with Crippen molar-refractivity contribution in [3.05, 3.63) is 51.8 Å². The Morgan fingerprint density at radius 2 is 2.16 bits per heavy atom. The molecule has 1 aromatic carbocycles. The molecule has 6 heteroatoms. The lowest BCUT2D eigenvalue weighted by atomic mass is 10.0. The molecule has 0 aliphatic rings. The molecule has 3 N–H and O–H groups in total. The standard InChI is InChI=1S/C13H16Cl2N4/c1-2-8-19-11(6-7-17-19)13(18-16)9-4-3-5-10(14)12(9)15/h3-7,13,18H,2,8,16H2,1H3. The number of hydrazine groups is 1. The summed E-state index contributed by atoms with van der Waals surface area (Å²) >= 11 is 12.3. The summed E-state index contributed by atoms with van der Waals surface area (Å²) in [4.78, 5) is 0. The van der Waals surface area contributed by atoms with Gasteiger partial charge in [0.15, 0.2) is 0 Å². The number of hydrogen-bond acceptors (Lipinski definition) is 3. The molecule has 0 fully saturated rings. The molecule has 4 nitrogen and oxygen atoms in total. The van der Waals surface area contributed by atoms with Gasteiger partial charge in [0.05, 0.1) is 21.8 Å². The van der Waals surface area contributed by atoms with Gasteiger partial charge in [-0.25, -0.2) is 5.43 Å². The van der Waals surface area contributed by atoms with Gasteiger partial charge in [-0.05, 0) is 24.1 Å². The van der Waals surface area contributed by atoms with Crippen molar-refractivity contribution in [2.75, 3.05) is 0 Å². The Balaban J connectivity index is 2.44. The lowest BCUT2D eigenvalue weighted by molar-refractivity contribution is 0.521. The summed E-state index contributed by atoms with van der Waals surface area (Å²) in [5, 5.41) is 5.32. The highest BCUT2D eigenvalue weighted by Crippen LogP contribution is 2.32. The minimum absolute atomic E-state index is 0.236. The zero-order valence-corrected chi connectivity index (χ0v) is 12.1. The van der Waals surface area contributed by atoms with Crippen LogP contribution in [0.5, 0.6) is 0 Å². The van der Waals surface area contributed by atoms with Crippen LogP contribution in [0.2, 0.25) is 10.0 Å². The highest BCUT2D eigenvalue weighted by atomic mass is 35.5. The molecule has 0 saturated carbocycles. The second-order valence-corrected chi connectivity index (χ2v) is 5.01. The van der Waals surface area contributed by atoms with E-state index in [4.69, 9.17) is 29.0 Å². The average Bonchev–Trinajstić information content (AvgIpc) is 2.84.